The molecule has 0 aliphatic rings. The number of rotatable bonds is 15. The molecule has 8 heteroatoms. The Bertz CT molecular complexity index is 653. The van der Waals surface area contributed by atoms with Crippen molar-refractivity contribution in [3.05, 3.63) is 34.9 Å². The molecule has 0 spiro atoms. The summed E-state index contributed by atoms with van der Waals surface area (Å²) < 4.78 is 0. The maximum absolute atomic E-state index is 11.8. The Morgan fingerprint density at radius 1 is 0.900 bits per heavy atom. The van der Waals surface area contributed by atoms with Gasteiger partial charge in [-0.3, -0.25) is 19.8 Å². The van der Waals surface area contributed by atoms with E-state index < -0.39 is 23.8 Å². The second-order valence-electron chi connectivity index (χ2n) is 7.59. The van der Waals surface area contributed by atoms with Crippen LogP contribution in [0.15, 0.2) is 34.9 Å². The number of hydrazine groups is 1. The van der Waals surface area contributed by atoms with Crippen LogP contribution in [-0.4, -0.2) is 35.3 Å². The number of amides is 3. The lowest BCUT2D eigenvalue weighted by molar-refractivity contribution is -0.129. The van der Waals surface area contributed by atoms with Gasteiger partial charge in [0, 0.05) is 24.3 Å². The molecule has 0 fully saturated rings. The number of carbonyl (C=O) groups is 3. The number of hydrogen-bond acceptors (Lipinski definition) is 5. The Hall–Kier alpha value is -2.06. The largest absolute Gasteiger partial charge is 0.370 e. The number of allylic oxidation sites excluding steroid dienone is 5. The molecule has 0 radical (unpaired) electrons. The summed E-state index contributed by atoms with van der Waals surface area (Å²) in [6, 6.07) is -0.750. The first-order valence-corrected chi connectivity index (χ1v) is 11.4. The molecule has 7 nitrogen and oxygen atoms in total. The van der Waals surface area contributed by atoms with Gasteiger partial charge in [0.25, 0.3) is 5.91 Å². The highest BCUT2D eigenvalue weighted by atomic mass is 32.2. The van der Waals surface area contributed by atoms with E-state index in [0.717, 1.165) is 31.4 Å². The lowest BCUT2D eigenvalue weighted by Crippen LogP contribution is -2.50. The first-order valence-electron chi connectivity index (χ1n) is 10.3. The number of nitrogens with one attached hydrogen (secondary N) is 2. The molecule has 6 N–H and O–H groups in total. The van der Waals surface area contributed by atoms with Crippen LogP contribution in [-0.2, 0) is 14.4 Å². The molecule has 0 heterocycles. The predicted molar refractivity (Wildman–Crippen MR) is 125 cm³/mol. The van der Waals surface area contributed by atoms with Gasteiger partial charge in [-0.05, 0) is 53.4 Å². The van der Waals surface area contributed by atoms with E-state index in [1.165, 1.54) is 28.5 Å². The summed E-state index contributed by atoms with van der Waals surface area (Å²) in [5.74, 6) is 4.89. The van der Waals surface area contributed by atoms with Gasteiger partial charge < -0.3 is 11.1 Å². The van der Waals surface area contributed by atoms with Gasteiger partial charge >= 0.3 is 0 Å². The summed E-state index contributed by atoms with van der Waals surface area (Å²) in [4.78, 5) is 34.4. The molecule has 0 saturated carbocycles. The maximum Gasteiger partial charge on any atom is 0.257 e. The Kier molecular flexibility index (Phi) is 15.6. The van der Waals surface area contributed by atoms with Gasteiger partial charge in [-0.15, -0.1) is 0 Å². The highest BCUT2D eigenvalue weighted by molar-refractivity contribution is 7.99. The van der Waals surface area contributed by atoms with E-state index in [1.807, 2.05) is 0 Å². The van der Waals surface area contributed by atoms with Crippen molar-refractivity contribution in [2.45, 2.75) is 72.3 Å². The fourth-order valence-corrected chi connectivity index (χ4v) is 3.52. The number of primary amides is 1. The van der Waals surface area contributed by atoms with Crippen molar-refractivity contribution in [3.8, 4) is 0 Å². The Morgan fingerprint density at radius 3 is 2.07 bits per heavy atom. The van der Waals surface area contributed by atoms with Crippen LogP contribution < -0.4 is 22.3 Å². The van der Waals surface area contributed by atoms with Gasteiger partial charge in [-0.2, -0.15) is 11.8 Å². The lowest BCUT2D eigenvalue weighted by Gasteiger charge is -2.16. The van der Waals surface area contributed by atoms with Crippen molar-refractivity contribution in [3.63, 3.8) is 0 Å². The van der Waals surface area contributed by atoms with Crippen molar-refractivity contribution >= 4 is 29.5 Å². The molecule has 0 saturated heterocycles. The van der Waals surface area contributed by atoms with E-state index in [4.69, 9.17) is 11.6 Å². The van der Waals surface area contributed by atoms with Crippen LogP contribution >= 0.6 is 11.8 Å². The molecular formula is C22H38N4O3S. The Morgan fingerprint density at radius 2 is 1.50 bits per heavy atom. The zero-order valence-corrected chi connectivity index (χ0v) is 19.6. The number of carbonyl (C=O) groups excluding carboxylic acids is 3. The minimum absolute atomic E-state index is 0.0470. The summed E-state index contributed by atoms with van der Waals surface area (Å²) in [6.07, 6.45) is 10.8. The fourth-order valence-electron chi connectivity index (χ4n) is 2.51. The summed E-state index contributed by atoms with van der Waals surface area (Å²) in [5, 5.41) is 2.59. The first-order chi connectivity index (χ1) is 14.1. The van der Waals surface area contributed by atoms with Crippen molar-refractivity contribution < 1.29 is 14.4 Å². The van der Waals surface area contributed by atoms with Gasteiger partial charge in [0.2, 0.25) is 11.8 Å². The van der Waals surface area contributed by atoms with Gasteiger partial charge in [0.05, 0.1) is 0 Å². The summed E-state index contributed by atoms with van der Waals surface area (Å²) >= 11 is 1.53. The first kappa shape index (κ1) is 27.9. The average molecular weight is 439 g/mol. The molecule has 1 atom stereocenters. The van der Waals surface area contributed by atoms with E-state index >= 15 is 0 Å². The summed E-state index contributed by atoms with van der Waals surface area (Å²) in [5.41, 5.74) is 11.2. The molecule has 0 aliphatic carbocycles. The summed E-state index contributed by atoms with van der Waals surface area (Å²) in [6.45, 7) is 8.51. The fraction of sp³-hybridized carbons (Fsp3) is 0.591. The van der Waals surface area contributed by atoms with E-state index in [9.17, 15) is 14.4 Å². The molecule has 1 unspecified atom stereocenters. The molecule has 0 aromatic carbocycles. The highest BCUT2D eigenvalue weighted by Gasteiger charge is 2.19. The van der Waals surface area contributed by atoms with Gasteiger partial charge in [-0.1, -0.05) is 34.9 Å². The molecule has 0 rings (SSSR count). The van der Waals surface area contributed by atoms with Crippen molar-refractivity contribution in [2.75, 3.05) is 11.5 Å². The molecule has 3 amide bonds. The zero-order valence-electron chi connectivity index (χ0n) is 18.8. The SMILES string of the molecule is CC(C)=CCCC(C)=CCCC(C)=CCSCC(NC(=O)CCC(N)=O)C(=O)NN. The molecular weight excluding hydrogens is 400 g/mol. The van der Waals surface area contributed by atoms with E-state index in [-0.39, 0.29) is 12.8 Å². The second kappa shape index (κ2) is 16.7. The van der Waals surface area contributed by atoms with Gasteiger partial charge in [0.1, 0.15) is 6.04 Å². The van der Waals surface area contributed by atoms with Crippen LogP contribution in [0, 0.1) is 0 Å². The van der Waals surface area contributed by atoms with E-state index in [2.05, 4.69) is 56.7 Å². The highest BCUT2D eigenvalue weighted by Crippen LogP contribution is 2.13. The molecule has 30 heavy (non-hydrogen) atoms. The number of nitrogens with two attached hydrogens (primary N) is 2. The van der Waals surface area contributed by atoms with Gasteiger partial charge in [0.15, 0.2) is 0 Å². The smallest absolute Gasteiger partial charge is 0.257 e. The molecule has 0 aromatic rings. The third kappa shape index (κ3) is 15.8. The minimum atomic E-state index is -0.750. The van der Waals surface area contributed by atoms with Crippen LogP contribution in [0.4, 0.5) is 0 Å². The molecule has 0 aliphatic heterocycles. The normalized spacial score (nSPS) is 12.8. The average Bonchev–Trinajstić information content (AvgIpc) is 2.67. The van der Waals surface area contributed by atoms with Crippen molar-refractivity contribution in [1.29, 1.82) is 0 Å². The van der Waals surface area contributed by atoms with Gasteiger partial charge in [-0.25, -0.2) is 5.84 Å². The van der Waals surface area contributed by atoms with E-state index in [1.54, 1.807) is 0 Å². The topological polar surface area (TPSA) is 127 Å². The van der Waals surface area contributed by atoms with Crippen molar-refractivity contribution in [2.24, 2.45) is 11.6 Å². The quantitative estimate of drug-likeness (QED) is 0.103. The third-order valence-corrected chi connectivity index (χ3v) is 5.32. The lowest BCUT2D eigenvalue weighted by atomic mass is 10.1. The summed E-state index contributed by atoms with van der Waals surface area (Å²) in [7, 11) is 0. The van der Waals surface area contributed by atoms with E-state index in [0.29, 0.717) is 5.75 Å². The minimum Gasteiger partial charge on any atom is -0.370 e. The monoisotopic (exact) mass is 438 g/mol. The predicted octanol–water partition coefficient (Wildman–Crippen LogP) is 2.88. The number of hydrogen-bond donors (Lipinski definition) is 4. The Balaban J connectivity index is 4.32. The molecule has 0 aromatic heterocycles. The standard InChI is InChI=1S/C22H38N4O3S/c1-16(2)7-5-8-17(3)9-6-10-18(4)13-14-30-15-19(22(29)26-24)25-21(28)12-11-20(23)27/h7,9,13,19H,5-6,8,10-12,14-15,24H2,1-4H3,(H2,23,27)(H,25,28)(H,26,29). The molecule has 170 valence electrons. The van der Waals surface area contributed by atoms with Crippen LogP contribution in [0.5, 0.6) is 0 Å². The number of thioether (sulfide) groups is 1. The molecule has 0 bridgehead atoms. The zero-order chi connectivity index (χ0) is 22.9. The van der Waals surface area contributed by atoms with Crippen LogP contribution in [0.3, 0.4) is 0 Å². The maximum atomic E-state index is 11.8. The van der Waals surface area contributed by atoms with Crippen LogP contribution in [0.1, 0.15) is 66.2 Å². The third-order valence-electron chi connectivity index (χ3n) is 4.35. The second-order valence-corrected chi connectivity index (χ2v) is 8.67. The van der Waals surface area contributed by atoms with Crippen LogP contribution in [0.25, 0.3) is 0 Å². The van der Waals surface area contributed by atoms with Crippen molar-refractivity contribution in [1.82, 2.24) is 10.7 Å². The van der Waals surface area contributed by atoms with Crippen LogP contribution in [0.2, 0.25) is 0 Å². The Labute approximate surface area is 185 Å².